The minimum Gasteiger partial charge on any atom is -0.396 e. The molecule has 0 heterocycles. The Morgan fingerprint density at radius 2 is 2.00 bits per heavy atom. The molecule has 4 nitrogen and oxygen atoms in total. The van der Waals surface area contributed by atoms with Crippen LogP contribution in [0.25, 0.3) is 0 Å². The van der Waals surface area contributed by atoms with Gasteiger partial charge in [0.15, 0.2) is 5.78 Å². The van der Waals surface area contributed by atoms with Gasteiger partial charge in [-0.25, -0.2) is 0 Å². The number of ketones is 1. The zero-order valence-corrected chi connectivity index (χ0v) is 13.2. The van der Waals surface area contributed by atoms with Crippen molar-refractivity contribution in [3.63, 3.8) is 0 Å². The van der Waals surface area contributed by atoms with Crippen molar-refractivity contribution in [2.45, 2.75) is 45.4 Å². The van der Waals surface area contributed by atoms with Crippen LogP contribution in [-0.2, 0) is 17.6 Å². The number of aryl methyl sites for hydroxylation is 2. The van der Waals surface area contributed by atoms with Gasteiger partial charge in [0.1, 0.15) is 0 Å². The molecule has 2 N–H and O–H groups in total. The van der Waals surface area contributed by atoms with Crippen molar-refractivity contribution in [1.82, 2.24) is 5.32 Å². The zero-order valence-electron chi connectivity index (χ0n) is 13.2. The van der Waals surface area contributed by atoms with Crippen molar-refractivity contribution in [1.29, 1.82) is 0 Å². The molecule has 2 rings (SSSR count). The number of aliphatic hydroxyl groups is 1. The number of aliphatic hydroxyl groups excluding tert-OH is 1. The van der Waals surface area contributed by atoms with Crippen LogP contribution in [0.1, 0.15) is 54.1 Å². The van der Waals surface area contributed by atoms with Crippen LogP contribution < -0.4 is 5.32 Å². The highest BCUT2D eigenvalue weighted by Gasteiger charge is 2.15. The first-order valence-electron chi connectivity index (χ1n) is 8.12. The molecule has 1 aliphatic rings. The Hall–Kier alpha value is -1.68. The van der Waals surface area contributed by atoms with E-state index >= 15 is 0 Å². The van der Waals surface area contributed by atoms with E-state index in [1.54, 1.807) is 0 Å². The minimum absolute atomic E-state index is 0.0354. The van der Waals surface area contributed by atoms with Crippen molar-refractivity contribution >= 4 is 11.7 Å². The first kappa shape index (κ1) is 16.7. The molecule has 0 radical (unpaired) electrons. The first-order valence-corrected chi connectivity index (χ1v) is 8.12. The van der Waals surface area contributed by atoms with Crippen LogP contribution in [0.4, 0.5) is 0 Å². The SMILES string of the molecule is CC(CCO)CNC(=O)CCC(=O)c1ccc2c(c1)CCC2. The predicted octanol–water partition coefficient (Wildman–Crippen LogP) is 2.27. The lowest BCUT2D eigenvalue weighted by Gasteiger charge is -2.11. The van der Waals surface area contributed by atoms with Crippen LogP contribution >= 0.6 is 0 Å². The van der Waals surface area contributed by atoms with Gasteiger partial charge in [0, 0.05) is 31.6 Å². The number of rotatable bonds is 8. The normalized spacial score (nSPS) is 14.5. The van der Waals surface area contributed by atoms with Crippen LogP contribution in [-0.4, -0.2) is 29.9 Å². The van der Waals surface area contributed by atoms with E-state index in [9.17, 15) is 9.59 Å². The number of fused-ring (bicyclic) bond motifs is 1. The molecule has 1 aliphatic carbocycles. The Morgan fingerprint density at radius 1 is 1.23 bits per heavy atom. The van der Waals surface area contributed by atoms with Gasteiger partial charge in [0.05, 0.1) is 0 Å². The maximum Gasteiger partial charge on any atom is 0.220 e. The molecule has 4 heteroatoms. The molecular weight excluding hydrogens is 278 g/mol. The monoisotopic (exact) mass is 303 g/mol. The van der Waals surface area contributed by atoms with E-state index < -0.39 is 0 Å². The average Bonchev–Trinajstić information content (AvgIpc) is 2.98. The number of benzene rings is 1. The second kappa shape index (κ2) is 8.08. The number of carbonyl (C=O) groups excluding carboxylic acids is 2. The van der Waals surface area contributed by atoms with Crippen molar-refractivity contribution in [2.24, 2.45) is 5.92 Å². The molecule has 0 spiro atoms. The Morgan fingerprint density at radius 3 is 2.77 bits per heavy atom. The lowest BCUT2D eigenvalue weighted by molar-refractivity contribution is -0.121. The number of hydrogen-bond acceptors (Lipinski definition) is 3. The molecule has 0 fully saturated rings. The highest BCUT2D eigenvalue weighted by atomic mass is 16.3. The molecule has 1 unspecified atom stereocenters. The Kier molecular flexibility index (Phi) is 6.13. The van der Waals surface area contributed by atoms with Gasteiger partial charge in [0.25, 0.3) is 0 Å². The van der Waals surface area contributed by atoms with E-state index in [4.69, 9.17) is 5.11 Å². The third-order valence-corrected chi connectivity index (χ3v) is 4.27. The highest BCUT2D eigenvalue weighted by Crippen LogP contribution is 2.23. The second-order valence-corrected chi connectivity index (χ2v) is 6.18. The summed E-state index contributed by atoms with van der Waals surface area (Å²) >= 11 is 0. The lowest BCUT2D eigenvalue weighted by Crippen LogP contribution is -2.28. The van der Waals surface area contributed by atoms with E-state index in [0.29, 0.717) is 13.0 Å². The molecule has 1 atom stereocenters. The predicted molar refractivity (Wildman–Crippen MR) is 85.9 cm³/mol. The maximum atomic E-state index is 12.2. The molecule has 22 heavy (non-hydrogen) atoms. The topological polar surface area (TPSA) is 66.4 Å². The van der Waals surface area contributed by atoms with Gasteiger partial charge in [0.2, 0.25) is 5.91 Å². The van der Waals surface area contributed by atoms with Gasteiger partial charge in [-0.1, -0.05) is 19.1 Å². The molecular formula is C18H25NO3. The molecule has 0 aromatic heterocycles. The fourth-order valence-electron chi connectivity index (χ4n) is 2.82. The Labute approximate surface area is 131 Å². The first-order chi connectivity index (χ1) is 10.6. The van der Waals surface area contributed by atoms with Crippen molar-refractivity contribution in [3.8, 4) is 0 Å². The maximum absolute atomic E-state index is 12.2. The van der Waals surface area contributed by atoms with Crippen LogP contribution in [0, 0.1) is 5.92 Å². The molecule has 0 bridgehead atoms. The molecule has 1 aromatic carbocycles. The van der Waals surface area contributed by atoms with Gasteiger partial charge in [-0.2, -0.15) is 0 Å². The van der Waals surface area contributed by atoms with Crippen LogP contribution in [0.3, 0.4) is 0 Å². The summed E-state index contributed by atoms with van der Waals surface area (Å²) in [5.41, 5.74) is 3.36. The van der Waals surface area contributed by atoms with Crippen LogP contribution in [0.5, 0.6) is 0 Å². The lowest BCUT2D eigenvalue weighted by atomic mass is 10.0. The summed E-state index contributed by atoms with van der Waals surface area (Å²) < 4.78 is 0. The summed E-state index contributed by atoms with van der Waals surface area (Å²) in [7, 11) is 0. The van der Waals surface area contributed by atoms with E-state index in [2.05, 4.69) is 5.32 Å². The third kappa shape index (κ3) is 4.67. The van der Waals surface area contributed by atoms with Gasteiger partial charge >= 0.3 is 0 Å². The van der Waals surface area contributed by atoms with Gasteiger partial charge in [-0.15, -0.1) is 0 Å². The van der Waals surface area contributed by atoms with Crippen molar-refractivity contribution < 1.29 is 14.7 Å². The average molecular weight is 303 g/mol. The summed E-state index contributed by atoms with van der Waals surface area (Å²) in [5, 5.41) is 11.6. The van der Waals surface area contributed by atoms with Gasteiger partial charge < -0.3 is 10.4 Å². The summed E-state index contributed by atoms with van der Waals surface area (Å²) in [6, 6.07) is 5.92. The quantitative estimate of drug-likeness (QED) is 0.724. The molecule has 0 saturated heterocycles. The van der Waals surface area contributed by atoms with Gasteiger partial charge in [-0.05, 0) is 48.8 Å². The van der Waals surface area contributed by atoms with Crippen LogP contribution in [0.2, 0.25) is 0 Å². The number of nitrogens with one attached hydrogen (secondary N) is 1. The van der Waals surface area contributed by atoms with Crippen molar-refractivity contribution in [2.75, 3.05) is 13.2 Å². The largest absolute Gasteiger partial charge is 0.396 e. The summed E-state index contributed by atoms with van der Waals surface area (Å²) in [6.45, 7) is 2.66. The summed E-state index contributed by atoms with van der Waals surface area (Å²) in [4.78, 5) is 23.9. The number of carbonyl (C=O) groups is 2. The molecule has 1 amide bonds. The second-order valence-electron chi connectivity index (χ2n) is 6.18. The van der Waals surface area contributed by atoms with E-state index in [1.807, 2.05) is 25.1 Å². The molecule has 0 saturated carbocycles. The Bertz CT molecular complexity index is 539. The van der Waals surface area contributed by atoms with Gasteiger partial charge in [-0.3, -0.25) is 9.59 Å². The summed E-state index contributed by atoms with van der Waals surface area (Å²) in [5.74, 6) is 0.189. The molecule has 120 valence electrons. The smallest absolute Gasteiger partial charge is 0.220 e. The van der Waals surface area contributed by atoms with E-state index in [0.717, 1.165) is 18.4 Å². The third-order valence-electron chi connectivity index (χ3n) is 4.27. The number of amides is 1. The summed E-state index contributed by atoms with van der Waals surface area (Å²) in [6.07, 6.45) is 4.48. The zero-order chi connectivity index (χ0) is 15.9. The highest BCUT2D eigenvalue weighted by molar-refractivity contribution is 5.98. The standard InChI is InChI=1S/C18H25NO3/c1-13(9-10-20)12-19-18(22)8-7-17(21)16-6-5-14-3-2-4-15(14)11-16/h5-6,11,13,20H,2-4,7-10,12H2,1H3,(H,19,22). The number of Topliss-reactive ketones (excluding diaryl/α,β-unsaturated/α-hetero) is 1. The minimum atomic E-state index is -0.0979. The fraction of sp³-hybridized carbons (Fsp3) is 0.556. The Balaban J connectivity index is 1.76. The fourth-order valence-corrected chi connectivity index (χ4v) is 2.82. The van der Waals surface area contributed by atoms with E-state index in [-0.39, 0.29) is 37.1 Å². The van der Waals surface area contributed by atoms with Crippen molar-refractivity contribution in [3.05, 3.63) is 34.9 Å². The molecule has 1 aromatic rings. The van der Waals surface area contributed by atoms with E-state index in [1.165, 1.54) is 17.5 Å². The number of hydrogen-bond donors (Lipinski definition) is 2. The van der Waals surface area contributed by atoms with Crippen LogP contribution in [0.15, 0.2) is 18.2 Å². The molecule has 0 aliphatic heterocycles.